The van der Waals surface area contributed by atoms with Crippen molar-refractivity contribution >= 4 is 27.5 Å². The number of nitrogens with one attached hydrogen (secondary N) is 2. The topological polar surface area (TPSA) is 368 Å². The molecule has 3 aliphatic rings. The van der Waals surface area contributed by atoms with Gasteiger partial charge in [0.05, 0.1) is 26.4 Å². The van der Waals surface area contributed by atoms with Crippen LogP contribution in [-0.4, -0.2) is 181 Å². The van der Waals surface area contributed by atoms with Crippen LogP contribution in [0.4, 0.5) is 0 Å². The number of carbonyl (C=O) groups excluding carboxylic acids is 2. The molecule has 103 heavy (non-hydrogen) atoms. The number of phosphoric acid groups is 2. The molecule has 0 radical (unpaired) electrons. The van der Waals surface area contributed by atoms with Crippen molar-refractivity contribution in [1.82, 2.24) is 10.6 Å². The number of allylic oxidation sites excluding steroid dienone is 21. The SMILES string of the molecule is CC(=O)N[C@H]1[C@@H](O[C@H]2[C@@H](O)[C@@H](CO)O[C@H](OP(=O)(O)OP(=O)(O)OC/C=C(/C)CC/C=C(/C)CC/C=C(/C)CC/C=C(/C)CC/C=C(/C)CC/C=C(/C)CC/C=C(/C)CC/C=C(/C)CC/C=C(\C)CC/C=C(\C)CCC=C(C)C)[C@@H]2NC(C)=O)O[C@H](CO)[C@H](O)[C@@H]1O[C@@H]1O[C@H](CO)[C@H](O)[C@H](O)[C@H]1O. The van der Waals surface area contributed by atoms with Crippen molar-refractivity contribution in [3.8, 4) is 0 Å². The molecule has 0 aromatic rings. The summed E-state index contributed by atoms with van der Waals surface area (Å²) in [6.45, 7) is 24.7. The highest BCUT2D eigenvalue weighted by atomic mass is 31.3. The standard InChI is InChI=1S/C77H128N2O22P2/c1-50(2)25-15-26-51(3)27-16-28-52(4)29-17-30-53(5)31-18-32-54(6)33-19-34-55(7)35-20-36-56(8)37-21-38-57(9)39-22-40-58(10)41-23-42-59(11)43-24-44-60(12)45-46-94-102(90,91)101-103(92,93)100-76-67(79-62(14)84)74(70(87)65(49-82)96-76)98-75-66(78-61(13)83)73(69(86)64(48-81)95-75)99-77-72(89)71(88)68(85)63(47-80)97-77/h25,27,29,31,33,35,37,39,41,43,45,63-77,80-82,85-89H,15-24,26,28,30,32,34,36,38,40,42,44,46-49H2,1-14H3,(H,78,83)(H,79,84)(H,90,91)(H,92,93)/b51-27+,52-29+,53-31-,54-33-,55-35-,56-37-,57-39-,58-41-,59-43-,60-45-/t63-,64-,65-,66-,67-,68+,69+,70+,71+,72-,73-,74-,75-,76-,77+/m1/s1. The molecule has 0 aliphatic carbocycles. The minimum atomic E-state index is -5.78. The quantitative estimate of drug-likeness (QED) is 0.0199. The number of aliphatic hydroxyl groups excluding tert-OH is 8. The molecule has 17 atom stereocenters. The Kier molecular flexibility index (Phi) is 44.2. The molecule has 0 aromatic carbocycles. The molecular weight excluding hydrogens is 1370 g/mol. The van der Waals surface area contributed by atoms with Crippen molar-refractivity contribution in [2.75, 3.05) is 26.4 Å². The van der Waals surface area contributed by atoms with Crippen molar-refractivity contribution in [1.29, 1.82) is 0 Å². The third-order valence-electron chi connectivity index (χ3n) is 18.4. The number of carbonyl (C=O) groups is 2. The summed E-state index contributed by atoms with van der Waals surface area (Å²) in [6.07, 6.45) is 21.1. The zero-order chi connectivity index (χ0) is 77.0. The van der Waals surface area contributed by atoms with Gasteiger partial charge in [-0.3, -0.25) is 18.6 Å². The van der Waals surface area contributed by atoms with Crippen LogP contribution in [0, 0.1) is 0 Å². The third kappa shape index (κ3) is 37.0. The Morgan fingerprint density at radius 1 is 0.359 bits per heavy atom. The predicted molar refractivity (Wildman–Crippen MR) is 399 cm³/mol. The lowest BCUT2D eigenvalue weighted by atomic mass is 9.94. The maximum absolute atomic E-state index is 13.5. The number of phosphoric ester groups is 2. The van der Waals surface area contributed by atoms with Gasteiger partial charge in [-0.1, -0.05) is 128 Å². The van der Waals surface area contributed by atoms with Crippen LogP contribution in [-0.2, 0) is 55.8 Å². The average molecular weight is 1500 g/mol. The van der Waals surface area contributed by atoms with Crippen LogP contribution in [0.2, 0.25) is 0 Å². The van der Waals surface area contributed by atoms with E-state index in [1.54, 1.807) is 6.92 Å². The number of ether oxygens (including phenoxy) is 5. The maximum atomic E-state index is 13.5. The van der Waals surface area contributed by atoms with Crippen LogP contribution in [0.1, 0.15) is 225 Å². The Morgan fingerprint density at radius 3 is 0.942 bits per heavy atom. The monoisotopic (exact) mass is 1490 g/mol. The van der Waals surface area contributed by atoms with Gasteiger partial charge in [-0.2, -0.15) is 4.31 Å². The molecule has 12 N–H and O–H groups in total. The van der Waals surface area contributed by atoms with E-state index < -0.39 is 146 Å². The first-order valence-electron chi connectivity index (χ1n) is 36.5. The fourth-order valence-corrected chi connectivity index (χ4v) is 14.1. The van der Waals surface area contributed by atoms with E-state index in [0.29, 0.717) is 12.8 Å². The van der Waals surface area contributed by atoms with E-state index in [1.165, 1.54) is 61.8 Å². The molecular formula is C77H128N2O22P2. The molecule has 0 saturated carbocycles. The average Bonchev–Trinajstić information content (AvgIpc) is 0.770. The molecule has 2 amide bonds. The van der Waals surface area contributed by atoms with Gasteiger partial charge in [-0.25, -0.2) is 9.13 Å². The second-order valence-electron chi connectivity index (χ2n) is 28.4. The smallest absolute Gasteiger partial charge is 0.394 e. The van der Waals surface area contributed by atoms with Gasteiger partial charge < -0.3 is 85.0 Å². The Morgan fingerprint density at radius 2 is 0.631 bits per heavy atom. The van der Waals surface area contributed by atoms with Crippen LogP contribution in [0.25, 0.3) is 0 Å². The van der Waals surface area contributed by atoms with E-state index in [0.717, 1.165) is 135 Å². The lowest BCUT2D eigenvalue weighted by Gasteiger charge is -2.50. The lowest BCUT2D eigenvalue weighted by Crippen LogP contribution is -2.71. The van der Waals surface area contributed by atoms with Gasteiger partial charge in [0, 0.05) is 13.8 Å². The summed E-state index contributed by atoms with van der Waals surface area (Å²) >= 11 is 0. The summed E-state index contributed by atoms with van der Waals surface area (Å²) in [5.74, 6) is -1.71. The van der Waals surface area contributed by atoms with Crippen molar-refractivity contribution in [2.45, 2.75) is 317 Å². The molecule has 26 heteroatoms. The number of hydrogen-bond donors (Lipinski definition) is 12. The minimum absolute atomic E-state index is 0.533. The van der Waals surface area contributed by atoms with E-state index in [4.69, 9.17) is 32.7 Å². The molecule has 3 aliphatic heterocycles. The molecule has 3 saturated heterocycles. The van der Waals surface area contributed by atoms with Crippen molar-refractivity contribution in [2.24, 2.45) is 0 Å². The Labute approximate surface area is 613 Å². The highest BCUT2D eigenvalue weighted by Crippen LogP contribution is 2.61. The number of hydrogen-bond acceptors (Lipinski definition) is 20. The summed E-state index contributed by atoms with van der Waals surface area (Å²) in [7, 11) is -11.2. The third-order valence-corrected chi connectivity index (χ3v) is 21.0. The first-order chi connectivity index (χ1) is 48.6. The molecule has 0 spiro atoms. The fraction of sp³-hybridized carbons (Fsp3) is 0.688. The van der Waals surface area contributed by atoms with Crippen LogP contribution in [0.15, 0.2) is 128 Å². The highest BCUT2D eigenvalue weighted by molar-refractivity contribution is 7.61. The van der Waals surface area contributed by atoms with Crippen molar-refractivity contribution in [3.05, 3.63) is 128 Å². The van der Waals surface area contributed by atoms with E-state index in [2.05, 4.69) is 152 Å². The van der Waals surface area contributed by atoms with Gasteiger partial charge >= 0.3 is 15.6 Å². The second-order valence-corrected chi connectivity index (χ2v) is 31.4. The molecule has 3 fully saturated rings. The first kappa shape index (κ1) is 93.0. The Hall–Kier alpha value is -4.18. The van der Waals surface area contributed by atoms with Crippen LogP contribution in [0.5, 0.6) is 0 Å². The Balaban J connectivity index is 1.41. The van der Waals surface area contributed by atoms with Crippen molar-refractivity contribution < 1.29 is 106 Å². The Bertz CT molecular complexity index is 3050. The number of amides is 2. The highest BCUT2D eigenvalue weighted by Gasteiger charge is 2.56. The maximum Gasteiger partial charge on any atom is 0.483 e. The van der Waals surface area contributed by atoms with Gasteiger partial charge in [0.2, 0.25) is 11.8 Å². The minimum Gasteiger partial charge on any atom is -0.394 e. The van der Waals surface area contributed by atoms with E-state index in [9.17, 15) is 69.4 Å². The summed E-state index contributed by atoms with van der Waals surface area (Å²) < 4.78 is 70.0. The van der Waals surface area contributed by atoms with Gasteiger partial charge in [0.15, 0.2) is 18.9 Å². The van der Waals surface area contributed by atoms with Crippen LogP contribution >= 0.6 is 15.6 Å². The van der Waals surface area contributed by atoms with E-state index in [1.807, 2.05) is 0 Å². The molecule has 3 heterocycles. The second kappa shape index (κ2) is 49.0. The molecule has 2 unspecified atom stereocenters. The largest absolute Gasteiger partial charge is 0.483 e. The van der Waals surface area contributed by atoms with Crippen LogP contribution in [0.3, 0.4) is 0 Å². The normalized spacial score (nSPS) is 28.3. The summed E-state index contributed by atoms with van der Waals surface area (Å²) in [5.41, 5.74) is 15.0. The van der Waals surface area contributed by atoms with Crippen molar-refractivity contribution in [3.63, 3.8) is 0 Å². The van der Waals surface area contributed by atoms with Gasteiger partial charge in [-0.15, -0.1) is 0 Å². The summed E-state index contributed by atoms with van der Waals surface area (Å²) in [6, 6.07) is -3.61. The molecule has 0 bridgehead atoms. The first-order valence-corrected chi connectivity index (χ1v) is 39.5. The summed E-state index contributed by atoms with van der Waals surface area (Å²) in [5, 5.41) is 89.2. The fourth-order valence-electron chi connectivity index (χ4n) is 12.0. The van der Waals surface area contributed by atoms with Gasteiger partial charge in [-0.05, 0) is 212 Å². The predicted octanol–water partition coefficient (Wildman–Crippen LogP) is 12.2. The van der Waals surface area contributed by atoms with Crippen LogP contribution < -0.4 is 10.6 Å². The zero-order valence-corrected chi connectivity index (χ0v) is 65.5. The molecule has 0 aromatic heterocycles. The molecule has 588 valence electrons. The van der Waals surface area contributed by atoms with E-state index in [-0.39, 0.29) is 0 Å². The van der Waals surface area contributed by atoms with E-state index >= 15 is 0 Å². The summed E-state index contributed by atoms with van der Waals surface area (Å²) in [4.78, 5) is 46.7. The lowest BCUT2D eigenvalue weighted by molar-refractivity contribution is -0.356. The van der Waals surface area contributed by atoms with Gasteiger partial charge in [0.1, 0.15) is 73.1 Å². The zero-order valence-electron chi connectivity index (χ0n) is 63.7. The van der Waals surface area contributed by atoms with Gasteiger partial charge in [0.25, 0.3) is 0 Å². The molecule has 24 nitrogen and oxygen atoms in total. The number of rotatable bonds is 46. The number of aliphatic hydroxyl groups is 8. The molecule has 3 rings (SSSR count).